The van der Waals surface area contributed by atoms with Crippen molar-refractivity contribution < 1.29 is 4.74 Å². The molecule has 2 heterocycles. The van der Waals surface area contributed by atoms with Crippen LogP contribution in [-0.4, -0.2) is 23.6 Å². The summed E-state index contributed by atoms with van der Waals surface area (Å²) < 4.78 is 5.71. The number of ether oxygens (including phenoxy) is 1. The van der Waals surface area contributed by atoms with E-state index in [9.17, 15) is 0 Å². The van der Waals surface area contributed by atoms with E-state index >= 15 is 0 Å². The zero-order chi connectivity index (χ0) is 18.8. The summed E-state index contributed by atoms with van der Waals surface area (Å²) in [4.78, 5) is 8.11. The van der Waals surface area contributed by atoms with Crippen LogP contribution in [0.25, 0.3) is 33.1 Å². The molecule has 0 saturated heterocycles. The number of halogens is 1. The summed E-state index contributed by atoms with van der Waals surface area (Å²) in [6, 6.07) is 14.0. The number of nitrogens with two attached hydrogens (primary N) is 1. The zero-order valence-corrected chi connectivity index (χ0v) is 16.0. The molecule has 5 heteroatoms. The monoisotopic (exact) mass is 379 g/mol. The lowest BCUT2D eigenvalue weighted by Crippen LogP contribution is -2.00. The molecule has 3 N–H and O–H groups in total. The highest BCUT2D eigenvalue weighted by molar-refractivity contribution is 6.31. The Labute approximate surface area is 163 Å². The Hall–Kier alpha value is -2.56. The second-order valence-corrected chi connectivity index (χ2v) is 7.06. The summed E-state index contributed by atoms with van der Waals surface area (Å²) in [5, 5.41) is 2.95. The van der Waals surface area contributed by atoms with Crippen LogP contribution in [0.2, 0.25) is 5.02 Å². The fourth-order valence-corrected chi connectivity index (χ4v) is 3.87. The lowest BCUT2D eigenvalue weighted by atomic mass is 9.97. The minimum absolute atomic E-state index is 0.694. The molecule has 0 aliphatic heterocycles. The highest BCUT2D eigenvalue weighted by Crippen LogP contribution is 2.41. The minimum Gasteiger partial charge on any atom is -0.496 e. The van der Waals surface area contributed by atoms with Crippen LogP contribution in [0.1, 0.15) is 18.4 Å². The van der Waals surface area contributed by atoms with Crippen molar-refractivity contribution in [3.63, 3.8) is 0 Å². The van der Waals surface area contributed by atoms with E-state index in [2.05, 4.69) is 16.0 Å². The van der Waals surface area contributed by atoms with E-state index in [0.29, 0.717) is 6.54 Å². The van der Waals surface area contributed by atoms with Gasteiger partial charge in [-0.05, 0) is 67.8 Å². The number of aromatic amines is 1. The van der Waals surface area contributed by atoms with Crippen molar-refractivity contribution in [2.75, 3.05) is 13.7 Å². The number of unbranched alkanes of at least 4 members (excludes halogenated alkanes) is 1. The predicted octanol–water partition coefficient (Wildman–Crippen LogP) is 5.33. The van der Waals surface area contributed by atoms with Crippen LogP contribution >= 0.6 is 11.6 Å². The number of aromatic nitrogens is 2. The van der Waals surface area contributed by atoms with Gasteiger partial charge in [-0.2, -0.15) is 0 Å². The first-order valence-electron chi connectivity index (χ1n) is 9.15. The van der Waals surface area contributed by atoms with E-state index in [0.717, 1.165) is 63.1 Å². The van der Waals surface area contributed by atoms with Crippen LogP contribution < -0.4 is 10.5 Å². The molecule has 0 spiro atoms. The van der Waals surface area contributed by atoms with E-state index in [1.54, 1.807) is 7.11 Å². The fraction of sp³-hybridized carbons (Fsp3) is 0.227. The first-order chi connectivity index (χ1) is 13.2. The van der Waals surface area contributed by atoms with Gasteiger partial charge in [0.05, 0.1) is 18.3 Å². The van der Waals surface area contributed by atoms with Crippen molar-refractivity contribution in [1.82, 2.24) is 9.97 Å². The molecular weight excluding hydrogens is 358 g/mol. The van der Waals surface area contributed by atoms with Gasteiger partial charge in [0, 0.05) is 33.1 Å². The number of fused-ring (bicyclic) bond motifs is 2. The van der Waals surface area contributed by atoms with Gasteiger partial charge in [0.25, 0.3) is 0 Å². The smallest absolute Gasteiger partial charge is 0.128 e. The summed E-state index contributed by atoms with van der Waals surface area (Å²) in [6.07, 6.45) is 4.74. The first kappa shape index (κ1) is 17.8. The van der Waals surface area contributed by atoms with Crippen molar-refractivity contribution in [2.24, 2.45) is 5.73 Å². The molecule has 0 amide bonds. The molecule has 27 heavy (non-hydrogen) atoms. The maximum absolute atomic E-state index is 6.29. The summed E-state index contributed by atoms with van der Waals surface area (Å²) in [5.74, 6) is 0.827. The second kappa shape index (κ2) is 7.59. The number of H-pyrrole nitrogens is 1. The number of nitrogens with one attached hydrogen (secondary N) is 1. The van der Waals surface area contributed by atoms with Crippen LogP contribution in [0.15, 0.2) is 48.7 Å². The van der Waals surface area contributed by atoms with Gasteiger partial charge >= 0.3 is 0 Å². The summed E-state index contributed by atoms with van der Waals surface area (Å²) >= 11 is 6.29. The zero-order valence-electron chi connectivity index (χ0n) is 15.3. The van der Waals surface area contributed by atoms with Gasteiger partial charge < -0.3 is 15.5 Å². The quantitative estimate of drug-likeness (QED) is 0.445. The number of hydrogen-bond donors (Lipinski definition) is 2. The van der Waals surface area contributed by atoms with E-state index in [4.69, 9.17) is 22.1 Å². The molecule has 4 aromatic rings. The molecule has 0 bridgehead atoms. The minimum atomic E-state index is 0.694. The Morgan fingerprint density at radius 2 is 2.00 bits per heavy atom. The van der Waals surface area contributed by atoms with Crippen LogP contribution in [0.5, 0.6) is 5.75 Å². The number of hydrogen-bond acceptors (Lipinski definition) is 3. The van der Waals surface area contributed by atoms with E-state index in [1.807, 2.05) is 42.6 Å². The molecule has 0 unspecified atom stereocenters. The molecule has 0 aliphatic carbocycles. The van der Waals surface area contributed by atoms with Crippen LogP contribution in [-0.2, 0) is 6.42 Å². The van der Waals surface area contributed by atoms with Gasteiger partial charge in [-0.1, -0.05) is 17.7 Å². The van der Waals surface area contributed by atoms with Crippen molar-refractivity contribution in [1.29, 1.82) is 0 Å². The van der Waals surface area contributed by atoms with Crippen LogP contribution in [0.4, 0.5) is 0 Å². The van der Waals surface area contributed by atoms with Crippen LogP contribution in [0, 0.1) is 0 Å². The van der Waals surface area contributed by atoms with Crippen LogP contribution in [0.3, 0.4) is 0 Å². The van der Waals surface area contributed by atoms with E-state index in [-0.39, 0.29) is 0 Å². The number of nitrogens with zero attached hydrogens (tertiary/aromatic N) is 1. The molecule has 0 radical (unpaired) electrons. The highest BCUT2D eigenvalue weighted by Gasteiger charge is 2.19. The van der Waals surface area contributed by atoms with Crippen molar-refractivity contribution >= 4 is 33.4 Å². The standard InChI is InChI=1S/C22H22ClN3O/c1-27-20-10-9-18-16(6-4-12-25-18)21(20)22-15(5-2-3-11-24)17-13-14(23)7-8-19(17)26-22/h4,6-10,12-13,26H,2-3,5,11,24H2,1H3. The lowest BCUT2D eigenvalue weighted by Gasteiger charge is -2.13. The topological polar surface area (TPSA) is 63.9 Å². The van der Waals surface area contributed by atoms with Gasteiger partial charge in [-0.25, -0.2) is 0 Å². The normalized spacial score (nSPS) is 11.4. The van der Waals surface area contributed by atoms with Gasteiger partial charge in [0.2, 0.25) is 0 Å². The molecule has 0 atom stereocenters. The van der Waals surface area contributed by atoms with Gasteiger partial charge in [0.1, 0.15) is 5.75 Å². The average molecular weight is 380 g/mol. The Kier molecular flexibility index (Phi) is 5.01. The predicted molar refractivity (Wildman–Crippen MR) is 113 cm³/mol. The molecule has 138 valence electrons. The average Bonchev–Trinajstić information content (AvgIpc) is 3.04. The van der Waals surface area contributed by atoms with Crippen molar-refractivity contribution in [3.8, 4) is 17.0 Å². The van der Waals surface area contributed by atoms with E-state index < -0.39 is 0 Å². The summed E-state index contributed by atoms with van der Waals surface area (Å²) in [5.41, 5.74) is 11.1. The third-order valence-electron chi connectivity index (χ3n) is 4.97. The SMILES string of the molecule is COc1ccc2ncccc2c1-c1[nH]c2ccc(Cl)cc2c1CCCCN. The third-order valence-corrected chi connectivity index (χ3v) is 5.20. The number of benzene rings is 2. The summed E-state index contributed by atoms with van der Waals surface area (Å²) in [6.45, 7) is 0.694. The van der Waals surface area contributed by atoms with Gasteiger partial charge in [0.15, 0.2) is 0 Å². The molecule has 0 aliphatic rings. The highest BCUT2D eigenvalue weighted by atomic mass is 35.5. The van der Waals surface area contributed by atoms with Crippen molar-refractivity contribution in [2.45, 2.75) is 19.3 Å². The molecule has 0 fully saturated rings. The molecule has 2 aromatic heterocycles. The first-order valence-corrected chi connectivity index (χ1v) is 9.53. The number of pyridine rings is 1. The Bertz CT molecular complexity index is 1100. The Morgan fingerprint density at radius 1 is 1.11 bits per heavy atom. The maximum Gasteiger partial charge on any atom is 0.128 e. The van der Waals surface area contributed by atoms with Gasteiger partial charge in [-0.15, -0.1) is 0 Å². The Morgan fingerprint density at radius 3 is 2.81 bits per heavy atom. The maximum atomic E-state index is 6.29. The molecular formula is C22H22ClN3O. The lowest BCUT2D eigenvalue weighted by molar-refractivity contribution is 0.417. The molecule has 4 nitrogen and oxygen atoms in total. The molecule has 2 aromatic carbocycles. The van der Waals surface area contributed by atoms with Gasteiger partial charge in [-0.3, -0.25) is 4.98 Å². The number of rotatable bonds is 6. The third kappa shape index (κ3) is 3.27. The summed E-state index contributed by atoms with van der Waals surface area (Å²) in [7, 11) is 1.70. The number of aryl methyl sites for hydroxylation is 1. The molecule has 0 saturated carbocycles. The number of methoxy groups -OCH3 is 1. The second-order valence-electron chi connectivity index (χ2n) is 6.63. The van der Waals surface area contributed by atoms with E-state index in [1.165, 1.54) is 5.56 Å². The largest absolute Gasteiger partial charge is 0.496 e. The Balaban J connectivity index is 2.01. The van der Waals surface area contributed by atoms with Crippen molar-refractivity contribution in [3.05, 3.63) is 59.2 Å². The fourth-order valence-electron chi connectivity index (χ4n) is 3.70. The molecule has 4 rings (SSSR count).